The molecule has 1 aromatic heterocycles. The average Bonchev–Trinajstić information content (AvgIpc) is 2.74. The second kappa shape index (κ2) is 9.31. The van der Waals surface area contributed by atoms with Crippen LogP contribution in [-0.4, -0.2) is 16.9 Å². The van der Waals surface area contributed by atoms with E-state index in [4.69, 9.17) is 0 Å². The highest BCUT2D eigenvalue weighted by Gasteiger charge is 2.15. The lowest BCUT2D eigenvalue weighted by Crippen LogP contribution is -2.36. The molecule has 154 valence electrons. The molecule has 3 aromatic rings. The number of benzene rings is 2. The summed E-state index contributed by atoms with van der Waals surface area (Å²) in [5.74, 6) is -0.590. The standard InChI is InChI=1S/C24H25FN4O/c1-24(2,3)19-10-8-18(9-11-19)22(30)29-23(27-16-17-12-14-26-15-13-17)28-21-7-5-4-6-20(21)25/h4-15H,16H2,1-3H3,(H2,27,28,29,30). The molecule has 2 N–H and O–H groups in total. The van der Waals surface area contributed by atoms with E-state index in [0.29, 0.717) is 12.1 Å². The van der Waals surface area contributed by atoms with Crippen LogP contribution in [-0.2, 0) is 12.0 Å². The van der Waals surface area contributed by atoms with Crippen LogP contribution in [0.4, 0.5) is 10.1 Å². The molecule has 30 heavy (non-hydrogen) atoms. The summed E-state index contributed by atoms with van der Waals surface area (Å²) < 4.78 is 14.1. The minimum absolute atomic E-state index is 0.00143. The molecule has 0 bridgehead atoms. The van der Waals surface area contributed by atoms with Crippen LogP contribution in [0, 0.1) is 5.82 Å². The number of amides is 1. The molecule has 2 aromatic carbocycles. The van der Waals surface area contributed by atoms with Gasteiger partial charge in [0.2, 0.25) is 5.96 Å². The first-order chi connectivity index (χ1) is 14.3. The zero-order valence-electron chi connectivity index (χ0n) is 17.3. The van der Waals surface area contributed by atoms with Crippen LogP contribution in [0.15, 0.2) is 78.0 Å². The number of para-hydroxylation sites is 1. The van der Waals surface area contributed by atoms with E-state index in [1.54, 1.807) is 42.7 Å². The topological polar surface area (TPSA) is 66.4 Å². The van der Waals surface area contributed by atoms with Crippen LogP contribution in [0.25, 0.3) is 0 Å². The Hall–Kier alpha value is -3.54. The van der Waals surface area contributed by atoms with Crippen LogP contribution in [0.5, 0.6) is 0 Å². The Morgan fingerprint density at radius 2 is 1.67 bits per heavy atom. The third-order valence-electron chi connectivity index (χ3n) is 4.54. The fraction of sp³-hybridized carbons (Fsp3) is 0.208. The molecule has 0 saturated carbocycles. The summed E-state index contributed by atoms with van der Waals surface area (Å²) in [4.78, 5) is 21.2. The Morgan fingerprint density at radius 3 is 2.30 bits per heavy atom. The van der Waals surface area contributed by atoms with Gasteiger partial charge in [-0.05, 0) is 52.9 Å². The predicted molar refractivity (Wildman–Crippen MR) is 118 cm³/mol. The van der Waals surface area contributed by atoms with Crippen LogP contribution >= 0.6 is 0 Å². The zero-order valence-corrected chi connectivity index (χ0v) is 17.3. The zero-order chi connectivity index (χ0) is 21.6. The van der Waals surface area contributed by atoms with Gasteiger partial charge in [0.05, 0.1) is 12.2 Å². The summed E-state index contributed by atoms with van der Waals surface area (Å²) in [6.45, 7) is 6.65. The van der Waals surface area contributed by atoms with Gasteiger partial charge in [-0.15, -0.1) is 0 Å². The maximum atomic E-state index is 14.1. The van der Waals surface area contributed by atoms with E-state index in [0.717, 1.165) is 11.1 Å². The highest BCUT2D eigenvalue weighted by Crippen LogP contribution is 2.22. The van der Waals surface area contributed by atoms with Crippen molar-refractivity contribution in [1.82, 2.24) is 10.3 Å². The third-order valence-corrected chi connectivity index (χ3v) is 4.54. The second-order valence-corrected chi connectivity index (χ2v) is 7.91. The summed E-state index contributed by atoms with van der Waals surface area (Å²) in [5.41, 5.74) is 2.78. The lowest BCUT2D eigenvalue weighted by Gasteiger charge is -2.19. The van der Waals surface area contributed by atoms with E-state index in [2.05, 4.69) is 41.4 Å². The van der Waals surface area contributed by atoms with Crippen LogP contribution in [0.2, 0.25) is 0 Å². The molecule has 0 aliphatic rings. The number of halogens is 1. The van der Waals surface area contributed by atoms with Crippen molar-refractivity contribution in [2.45, 2.75) is 32.7 Å². The number of anilines is 1. The Bertz CT molecular complexity index is 1030. The Labute approximate surface area is 176 Å². The van der Waals surface area contributed by atoms with Crippen molar-refractivity contribution in [1.29, 1.82) is 0 Å². The average molecular weight is 404 g/mol. The number of carbonyl (C=O) groups excluding carboxylic acids is 1. The molecule has 1 amide bonds. The molecular weight excluding hydrogens is 379 g/mol. The number of rotatable bonds is 4. The van der Waals surface area contributed by atoms with Gasteiger partial charge in [-0.2, -0.15) is 0 Å². The number of pyridine rings is 1. The molecule has 0 aliphatic heterocycles. The molecular formula is C24H25FN4O. The highest BCUT2D eigenvalue weighted by molar-refractivity contribution is 6.10. The molecule has 0 spiro atoms. The van der Waals surface area contributed by atoms with E-state index in [1.807, 2.05) is 24.3 Å². The second-order valence-electron chi connectivity index (χ2n) is 7.91. The van der Waals surface area contributed by atoms with Gasteiger partial charge in [0.15, 0.2) is 0 Å². The van der Waals surface area contributed by atoms with Gasteiger partial charge in [0.1, 0.15) is 5.82 Å². The normalized spacial score (nSPS) is 11.8. The minimum Gasteiger partial charge on any atom is -0.323 e. The highest BCUT2D eigenvalue weighted by atomic mass is 19.1. The van der Waals surface area contributed by atoms with E-state index in [1.165, 1.54) is 6.07 Å². The van der Waals surface area contributed by atoms with Gasteiger partial charge in [-0.3, -0.25) is 15.1 Å². The third kappa shape index (κ3) is 5.73. The van der Waals surface area contributed by atoms with Gasteiger partial charge >= 0.3 is 0 Å². The quantitative estimate of drug-likeness (QED) is 0.479. The summed E-state index contributed by atoms with van der Waals surface area (Å²) >= 11 is 0. The van der Waals surface area contributed by atoms with Gasteiger partial charge in [0, 0.05) is 18.0 Å². The van der Waals surface area contributed by atoms with Crippen molar-refractivity contribution in [2.24, 2.45) is 4.99 Å². The minimum atomic E-state index is -0.433. The lowest BCUT2D eigenvalue weighted by molar-refractivity contribution is 0.0977. The Morgan fingerprint density at radius 1 is 1.00 bits per heavy atom. The number of hydrogen-bond donors (Lipinski definition) is 2. The van der Waals surface area contributed by atoms with Crippen molar-refractivity contribution in [2.75, 3.05) is 5.32 Å². The van der Waals surface area contributed by atoms with Gasteiger partial charge in [-0.1, -0.05) is 45.0 Å². The number of aromatic nitrogens is 1. The summed E-state index contributed by atoms with van der Waals surface area (Å²) in [7, 11) is 0. The number of aliphatic imine (C=N–C) groups is 1. The van der Waals surface area contributed by atoms with Crippen LogP contribution in [0.1, 0.15) is 42.3 Å². The van der Waals surface area contributed by atoms with Crippen molar-refractivity contribution >= 4 is 17.6 Å². The van der Waals surface area contributed by atoms with Gasteiger partial charge in [0.25, 0.3) is 5.91 Å². The van der Waals surface area contributed by atoms with Crippen molar-refractivity contribution in [3.8, 4) is 0 Å². The molecule has 3 rings (SSSR count). The molecule has 1 heterocycles. The molecule has 0 saturated heterocycles. The fourth-order valence-electron chi connectivity index (χ4n) is 2.76. The van der Waals surface area contributed by atoms with Crippen molar-refractivity contribution in [3.63, 3.8) is 0 Å². The summed E-state index contributed by atoms with van der Waals surface area (Å²) in [6.07, 6.45) is 3.34. The molecule has 0 atom stereocenters. The van der Waals surface area contributed by atoms with Crippen molar-refractivity contribution < 1.29 is 9.18 Å². The number of nitrogens with one attached hydrogen (secondary N) is 2. The molecule has 0 unspecified atom stereocenters. The predicted octanol–water partition coefficient (Wildman–Crippen LogP) is 4.92. The maximum absolute atomic E-state index is 14.1. The molecule has 0 fully saturated rings. The lowest BCUT2D eigenvalue weighted by atomic mass is 9.87. The SMILES string of the molecule is CC(C)(C)c1ccc(C(=O)NC(=NCc2ccncc2)Nc2ccccc2F)cc1. The van der Waals surface area contributed by atoms with E-state index >= 15 is 0 Å². The van der Waals surface area contributed by atoms with E-state index in [9.17, 15) is 9.18 Å². The first kappa shape index (κ1) is 21.2. The smallest absolute Gasteiger partial charge is 0.257 e. The van der Waals surface area contributed by atoms with E-state index < -0.39 is 5.82 Å². The number of carbonyl (C=O) groups is 1. The monoisotopic (exact) mass is 404 g/mol. The Balaban J connectivity index is 1.80. The molecule has 0 aliphatic carbocycles. The first-order valence-corrected chi connectivity index (χ1v) is 9.70. The van der Waals surface area contributed by atoms with Crippen molar-refractivity contribution in [3.05, 3.63) is 95.6 Å². The molecule has 0 radical (unpaired) electrons. The van der Waals surface area contributed by atoms with E-state index in [-0.39, 0.29) is 23.0 Å². The fourth-order valence-corrected chi connectivity index (χ4v) is 2.76. The van der Waals surface area contributed by atoms with Crippen LogP contribution in [0.3, 0.4) is 0 Å². The summed E-state index contributed by atoms with van der Waals surface area (Å²) in [5, 5.41) is 5.64. The van der Waals surface area contributed by atoms with Gasteiger partial charge in [-0.25, -0.2) is 9.38 Å². The maximum Gasteiger partial charge on any atom is 0.257 e. The molecule has 5 nitrogen and oxygen atoms in total. The Kier molecular flexibility index (Phi) is 6.57. The number of nitrogens with zero attached hydrogens (tertiary/aromatic N) is 2. The summed E-state index contributed by atoms with van der Waals surface area (Å²) in [6, 6.07) is 17.3. The van der Waals surface area contributed by atoms with Crippen LogP contribution < -0.4 is 10.6 Å². The number of hydrogen-bond acceptors (Lipinski definition) is 3. The molecule has 6 heteroatoms. The number of guanidine groups is 1. The van der Waals surface area contributed by atoms with Gasteiger partial charge < -0.3 is 5.32 Å². The first-order valence-electron chi connectivity index (χ1n) is 9.70. The largest absolute Gasteiger partial charge is 0.323 e.